The summed E-state index contributed by atoms with van der Waals surface area (Å²) < 4.78 is 6.76. The number of hydrogen-bond acceptors (Lipinski definition) is 6. The zero-order valence-electron chi connectivity index (χ0n) is 17.4. The van der Waals surface area contributed by atoms with E-state index in [1.807, 2.05) is 27.7 Å². The number of benzene rings is 1. The van der Waals surface area contributed by atoms with Crippen molar-refractivity contribution in [3.63, 3.8) is 0 Å². The van der Waals surface area contributed by atoms with Crippen LogP contribution < -0.4 is 9.64 Å². The van der Waals surface area contributed by atoms with Gasteiger partial charge in [-0.2, -0.15) is 0 Å². The molecule has 0 aliphatic rings. The molecule has 1 amide bonds. The van der Waals surface area contributed by atoms with E-state index in [0.717, 1.165) is 5.56 Å². The van der Waals surface area contributed by atoms with Gasteiger partial charge in [0, 0.05) is 17.3 Å². The van der Waals surface area contributed by atoms with Crippen LogP contribution in [-0.2, 0) is 0 Å². The molecule has 0 aliphatic carbocycles. The summed E-state index contributed by atoms with van der Waals surface area (Å²) in [4.78, 5) is 30.4. The molecule has 2 heterocycles. The first-order chi connectivity index (χ1) is 14.1. The largest absolute Gasteiger partial charge is 0.493 e. The SMILES string of the molecule is COc1cnccc1N(C(=O)c1ccc(C)c(-n2cc(C(=O)O)nn2)c1)C(C)(C)C. The van der Waals surface area contributed by atoms with Gasteiger partial charge in [0.05, 0.1) is 30.9 Å². The van der Waals surface area contributed by atoms with Crippen LogP contribution in [-0.4, -0.2) is 49.6 Å². The van der Waals surface area contributed by atoms with Crippen LogP contribution in [0.15, 0.2) is 42.9 Å². The average molecular weight is 409 g/mol. The summed E-state index contributed by atoms with van der Waals surface area (Å²) in [6.45, 7) is 7.63. The molecule has 2 aromatic heterocycles. The molecule has 0 bridgehead atoms. The number of carboxylic acid groups (broad SMARTS) is 1. The Labute approximate surface area is 173 Å². The minimum absolute atomic E-state index is 0.177. The lowest BCUT2D eigenvalue weighted by Crippen LogP contribution is -2.46. The quantitative estimate of drug-likeness (QED) is 0.689. The van der Waals surface area contributed by atoms with E-state index in [4.69, 9.17) is 9.84 Å². The van der Waals surface area contributed by atoms with Crippen LogP contribution in [0.1, 0.15) is 47.2 Å². The van der Waals surface area contributed by atoms with E-state index in [9.17, 15) is 9.59 Å². The predicted molar refractivity (Wildman–Crippen MR) is 110 cm³/mol. The van der Waals surface area contributed by atoms with Gasteiger partial charge < -0.3 is 9.84 Å². The molecule has 3 aromatic rings. The lowest BCUT2D eigenvalue weighted by molar-refractivity contribution is 0.0690. The summed E-state index contributed by atoms with van der Waals surface area (Å²) in [5.74, 6) is -0.933. The normalized spacial score (nSPS) is 11.2. The highest BCUT2D eigenvalue weighted by Crippen LogP contribution is 2.33. The van der Waals surface area contributed by atoms with Crippen LogP contribution in [0.5, 0.6) is 5.75 Å². The average Bonchev–Trinajstić information content (AvgIpc) is 3.18. The zero-order chi connectivity index (χ0) is 22.1. The van der Waals surface area contributed by atoms with Crippen molar-refractivity contribution in [2.45, 2.75) is 33.2 Å². The number of aromatic nitrogens is 4. The molecule has 156 valence electrons. The number of carbonyl (C=O) groups is 2. The first-order valence-electron chi connectivity index (χ1n) is 9.22. The second-order valence-electron chi connectivity index (χ2n) is 7.71. The third-order valence-corrected chi connectivity index (χ3v) is 4.51. The van der Waals surface area contributed by atoms with Crippen LogP contribution in [0.3, 0.4) is 0 Å². The highest BCUT2D eigenvalue weighted by atomic mass is 16.5. The minimum Gasteiger partial charge on any atom is -0.493 e. The number of rotatable bonds is 5. The first-order valence-corrected chi connectivity index (χ1v) is 9.22. The van der Waals surface area contributed by atoms with Crippen molar-refractivity contribution >= 4 is 17.6 Å². The van der Waals surface area contributed by atoms with Gasteiger partial charge in [-0.25, -0.2) is 9.48 Å². The summed E-state index contributed by atoms with van der Waals surface area (Å²) in [5.41, 5.74) is 1.66. The predicted octanol–water partition coefficient (Wildman–Crippen LogP) is 3.12. The second kappa shape index (κ2) is 7.94. The monoisotopic (exact) mass is 409 g/mol. The molecule has 9 heteroatoms. The van der Waals surface area contributed by atoms with Gasteiger partial charge in [0.15, 0.2) is 11.4 Å². The van der Waals surface area contributed by atoms with E-state index < -0.39 is 11.5 Å². The summed E-state index contributed by atoms with van der Waals surface area (Å²) in [7, 11) is 1.53. The van der Waals surface area contributed by atoms with Gasteiger partial charge >= 0.3 is 5.97 Å². The molecule has 0 unspecified atom stereocenters. The molecule has 30 heavy (non-hydrogen) atoms. The highest BCUT2D eigenvalue weighted by Gasteiger charge is 2.31. The van der Waals surface area contributed by atoms with Crippen molar-refractivity contribution < 1.29 is 19.4 Å². The Balaban J connectivity index is 2.09. The minimum atomic E-state index is -1.17. The molecule has 3 rings (SSSR count). The molecule has 9 nitrogen and oxygen atoms in total. The summed E-state index contributed by atoms with van der Waals surface area (Å²) in [5, 5.41) is 16.6. The maximum absolute atomic E-state index is 13.6. The van der Waals surface area contributed by atoms with Crippen molar-refractivity contribution in [1.29, 1.82) is 0 Å². The Kier molecular flexibility index (Phi) is 5.55. The Hall–Kier alpha value is -3.75. The molecule has 0 aliphatic heterocycles. The van der Waals surface area contributed by atoms with Crippen LogP contribution in [0.2, 0.25) is 0 Å². The van der Waals surface area contributed by atoms with Crippen LogP contribution in [0.25, 0.3) is 5.69 Å². The standard InChI is InChI=1S/C21H23N5O4/c1-13-6-7-14(10-17(13)25-12-15(20(28)29)23-24-25)19(27)26(21(2,3)4)16-8-9-22-11-18(16)30-5/h6-12H,1-5H3,(H,28,29). The number of ether oxygens (including phenoxy) is 1. The second-order valence-corrected chi connectivity index (χ2v) is 7.71. The van der Waals surface area contributed by atoms with Crippen molar-refractivity contribution in [3.8, 4) is 11.4 Å². The summed E-state index contributed by atoms with van der Waals surface area (Å²) >= 11 is 0. The van der Waals surface area contributed by atoms with Crippen molar-refractivity contribution in [1.82, 2.24) is 20.0 Å². The van der Waals surface area contributed by atoms with Crippen LogP contribution >= 0.6 is 0 Å². The molecular formula is C21H23N5O4. The molecule has 0 radical (unpaired) electrons. The number of pyridine rings is 1. The summed E-state index contributed by atoms with van der Waals surface area (Å²) in [6.07, 6.45) is 4.48. The lowest BCUT2D eigenvalue weighted by atomic mass is 10.0. The van der Waals surface area contributed by atoms with Gasteiger partial charge in [0.2, 0.25) is 0 Å². The molecule has 0 saturated heterocycles. The Bertz CT molecular complexity index is 1100. The number of aromatic carboxylic acids is 1. The molecule has 0 fully saturated rings. The third kappa shape index (κ3) is 4.00. The van der Waals surface area contributed by atoms with E-state index in [1.165, 1.54) is 18.0 Å². The van der Waals surface area contributed by atoms with Crippen LogP contribution in [0, 0.1) is 6.92 Å². The van der Waals surface area contributed by atoms with Gasteiger partial charge in [-0.1, -0.05) is 11.3 Å². The van der Waals surface area contributed by atoms with E-state index in [1.54, 1.807) is 41.6 Å². The molecular weight excluding hydrogens is 386 g/mol. The topological polar surface area (TPSA) is 110 Å². The third-order valence-electron chi connectivity index (χ3n) is 4.51. The van der Waals surface area contributed by atoms with Gasteiger partial charge in [0.1, 0.15) is 0 Å². The van der Waals surface area contributed by atoms with Gasteiger partial charge in [-0.05, 0) is 51.5 Å². The molecule has 1 aromatic carbocycles. The zero-order valence-corrected chi connectivity index (χ0v) is 17.4. The number of hydrogen-bond donors (Lipinski definition) is 1. The van der Waals surface area contributed by atoms with Crippen molar-refractivity contribution in [2.24, 2.45) is 0 Å². The Morgan fingerprint density at radius 3 is 2.53 bits per heavy atom. The van der Waals surface area contributed by atoms with Gasteiger partial charge in [-0.3, -0.25) is 14.7 Å². The van der Waals surface area contributed by atoms with Crippen LogP contribution in [0.4, 0.5) is 5.69 Å². The van der Waals surface area contributed by atoms with E-state index in [2.05, 4.69) is 15.3 Å². The highest BCUT2D eigenvalue weighted by molar-refractivity contribution is 6.08. The lowest BCUT2D eigenvalue weighted by Gasteiger charge is -2.36. The molecule has 0 spiro atoms. The Morgan fingerprint density at radius 2 is 1.93 bits per heavy atom. The fourth-order valence-corrected chi connectivity index (χ4v) is 3.09. The fourth-order valence-electron chi connectivity index (χ4n) is 3.09. The smallest absolute Gasteiger partial charge is 0.358 e. The number of nitrogens with zero attached hydrogens (tertiary/aromatic N) is 5. The van der Waals surface area contributed by atoms with Gasteiger partial charge in [-0.15, -0.1) is 5.10 Å². The molecule has 0 atom stereocenters. The van der Waals surface area contributed by atoms with E-state index >= 15 is 0 Å². The molecule has 0 saturated carbocycles. The number of carboxylic acids is 1. The maximum atomic E-state index is 13.6. The molecule has 1 N–H and O–H groups in total. The van der Waals surface area contributed by atoms with Crippen molar-refractivity contribution in [2.75, 3.05) is 12.0 Å². The maximum Gasteiger partial charge on any atom is 0.358 e. The number of carbonyl (C=O) groups excluding carboxylic acids is 1. The van der Waals surface area contributed by atoms with E-state index in [-0.39, 0.29) is 11.6 Å². The number of methoxy groups -OCH3 is 1. The first kappa shape index (κ1) is 21.0. The van der Waals surface area contributed by atoms with E-state index in [0.29, 0.717) is 22.7 Å². The Morgan fingerprint density at radius 1 is 1.20 bits per heavy atom. The van der Waals surface area contributed by atoms with Crippen molar-refractivity contribution in [3.05, 3.63) is 59.7 Å². The number of amides is 1. The fraction of sp³-hybridized carbons (Fsp3) is 0.286. The summed E-state index contributed by atoms with van der Waals surface area (Å²) in [6, 6.07) is 6.91. The number of aryl methyl sites for hydroxylation is 1. The number of anilines is 1. The van der Waals surface area contributed by atoms with Gasteiger partial charge in [0.25, 0.3) is 5.91 Å².